The Morgan fingerprint density at radius 1 is 1.53 bits per heavy atom. The van der Waals surface area contributed by atoms with Crippen molar-refractivity contribution in [3.63, 3.8) is 0 Å². The minimum Gasteiger partial charge on any atom is -0.493 e. The summed E-state index contributed by atoms with van der Waals surface area (Å²) in [5.41, 5.74) is 1.01. The van der Waals surface area contributed by atoms with Crippen molar-refractivity contribution in [2.24, 2.45) is 0 Å². The van der Waals surface area contributed by atoms with E-state index in [9.17, 15) is 4.79 Å². The molecule has 0 spiro atoms. The Kier molecular flexibility index (Phi) is 2.90. The molecule has 1 heterocycles. The van der Waals surface area contributed by atoms with Gasteiger partial charge in [0.15, 0.2) is 0 Å². The fourth-order valence-corrected chi connectivity index (χ4v) is 1.91. The van der Waals surface area contributed by atoms with Crippen LogP contribution >= 0.6 is 0 Å². The van der Waals surface area contributed by atoms with Gasteiger partial charge < -0.3 is 10.1 Å². The van der Waals surface area contributed by atoms with Gasteiger partial charge in [-0.3, -0.25) is 4.79 Å². The molecule has 15 heavy (non-hydrogen) atoms. The molecule has 0 bridgehead atoms. The summed E-state index contributed by atoms with van der Waals surface area (Å²) in [5, 5.41) is 2.86. The Balaban J connectivity index is 2.25. The smallest absolute Gasteiger partial charge is 0.227 e. The summed E-state index contributed by atoms with van der Waals surface area (Å²) in [7, 11) is 0. The van der Waals surface area contributed by atoms with E-state index < -0.39 is 0 Å². The monoisotopic (exact) mass is 205 g/mol. The lowest BCUT2D eigenvalue weighted by molar-refractivity contribution is -0.123. The molecular formula is C12H15NO2. The van der Waals surface area contributed by atoms with Crippen LogP contribution in [0.4, 0.5) is 0 Å². The summed E-state index contributed by atoms with van der Waals surface area (Å²) in [6.07, 6.45) is 0.767. The second-order valence-electron chi connectivity index (χ2n) is 3.62. The zero-order valence-corrected chi connectivity index (χ0v) is 8.82. The van der Waals surface area contributed by atoms with Gasteiger partial charge in [-0.1, -0.05) is 18.2 Å². The molecule has 1 unspecified atom stereocenters. The average Bonchev–Trinajstić information content (AvgIpc) is 2.28. The first-order valence-corrected chi connectivity index (χ1v) is 5.32. The predicted octanol–water partition coefficient (Wildman–Crippen LogP) is 1.69. The first-order valence-electron chi connectivity index (χ1n) is 5.32. The molecule has 0 saturated heterocycles. The summed E-state index contributed by atoms with van der Waals surface area (Å²) >= 11 is 0. The zero-order chi connectivity index (χ0) is 10.7. The van der Waals surface area contributed by atoms with Crippen LogP contribution < -0.4 is 10.1 Å². The van der Waals surface area contributed by atoms with Crippen LogP contribution in [-0.4, -0.2) is 19.1 Å². The highest BCUT2D eigenvalue weighted by atomic mass is 16.5. The fraction of sp³-hybridized carbons (Fsp3) is 0.417. The van der Waals surface area contributed by atoms with Crippen molar-refractivity contribution in [2.45, 2.75) is 19.3 Å². The number of rotatable bonds is 2. The van der Waals surface area contributed by atoms with Crippen LogP contribution in [0.25, 0.3) is 0 Å². The summed E-state index contributed by atoms with van der Waals surface area (Å²) in [4.78, 5) is 11.8. The number of para-hydroxylation sites is 1. The number of likely N-dealkylation sites (N-methyl/N-ethyl adjacent to an activating group) is 1. The average molecular weight is 205 g/mol. The van der Waals surface area contributed by atoms with Crippen LogP contribution in [0.3, 0.4) is 0 Å². The molecule has 2 rings (SSSR count). The molecule has 3 heteroatoms. The molecule has 80 valence electrons. The van der Waals surface area contributed by atoms with E-state index in [2.05, 4.69) is 5.32 Å². The Morgan fingerprint density at radius 3 is 3.13 bits per heavy atom. The van der Waals surface area contributed by atoms with Gasteiger partial charge in [0.2, 0.25) is 5.91 Å². The Morgan fingerprint density at radius 2 is 2.33 bits per heavy atom. The maximum atomic E-state index is 11.8. The molecule has 1 aliphatic rings. The van der Waals surface area contributed by atoms with Crippen molar-refractivity contribution in [1.82, 2.24) is 5.32 Å². The number of benzene rings is 1. The summed E-state index contributed by atoms with van der Waals surface area (Å²) in [6.45, 7) is 3.24. The van der Waals surface area contributed by atoms with Crippen LogP contribution in [0, 0.1) is 0 Å². The maximum Gasteiger partial charge on any atom is 0.227 e. The molecule has 1 atom stereocenters. The van der Waals surface area contributed by atoms with E-state index >= 15 is 0 Å². The number of amides is 1. The largest absolute Gasteiger partial charge is 0.493 e. The van der Waals surface area contributed by atoms with E-state index in [0.717, 1.165) is 17.7 Å². The van der Waals surface area contributed by atoms with Gasteiger partial charge >= 0.3 is 0 Å². The second kappa shape index (κ2) is 4.34. The van der Waals surface area contributed by atoms with Crippen molar-refractivity contribution in [1.29, 1.82) is 0 Å². The van der Waals surface area contributed by atoms with Gasteiger partial charge in [-0.2, -0.15) is 0 Å². The minimum atomic E-state index is -0.0464. The SMILES string of the molecule is CCNC(=O)C1CCOc2ccccc21. The van der Waals surface area contributed by atoms with Crippen molar-refractivity contribution < 1.29 is 9.53 Å². The number of nitrogens with one attached hydrogen (secondary N) is 1. The molecular weight excluding hydrogens is 190 g/mol. The molecule has 0 saturated carbocycles. The van der Waals surface area contributed by atoms with E-state index in [-0.39, 0.29) is 11.8 Å². The molecule has 0 fully saturated rings. The van der Waals surface area contributed by atoms with Crippen molar-refractivity contribution >= 4 is 5.91 Å². The number of hydrogen-bond acceptors (Lipinski definition) is 2. The Labute approximate surface area is 89.4 Å². The van der Waals surface area contributed by atoms with Gasteiger partial charge in [-0.15, -0.1) is 0 Å². The summed E-state index contributed by atoms with van der Waals surface area (Å²) in [5.74, 6) is 0.906. The van der Waals surface area contributed by atoms with Gasteiger partial charge in [0.1, 0.15) is 5.75 Å². The van der Waals surface area contributed by atoms with Gasteiger partial charge in [-0.05, 0) is 19.4 Å². The van der Waals surface area contributed by atoms with E-state index in [4.69, 9.17) is 4.74 Å². The van der Waals surface area contributed by atoms with Crippen LogP contribution in [0.2, 0.25) is 0 Å². The summed E-state index contributed by atoms with van der Waals surface area (Å²) in [6, 6.07) is 7.76. The Bertz CT molecular complexity index is 362. The standard InChI is InChI=1S/C12H15NO2/c1-2-13-12(14)10-7-8-15-11-6-4-3-5-9(10)11/h3-6,10H,2,7-8H2,1H3,(H,13,14). The zero-order valence-electron chi connectivity index (χ0n) is 8.82. The molecule has 0 radical (unpaired) electrons. The molecule has 1 N–H and O–H groups in total. The summed E-state index contributed by atoms with van der Waals surface area (Å²) < 4.78 is 5.50. The highest BCUT2D eigenvalue weighted by Crippen LogP contribution is 2.33. The van der Waals surface area contributed by atoms with Crippen molar-refractivity contribution in [2.75, 3.05) is 13.2 Å². The first-order chi connectivity index (χ1) is 7.33. The van der Waals surface area contributed by atoms with E-state index in [1.54, 1.807) is 0 Å². The highest BCUT2D eigenvalue weighted by Gasteiger charge is 2.26. The highest BCUT2D eigenvalue weighted by molar-refractivity contribution is 5.84. The maximum absolute atomic E-state index is 11.8. The van der Waals surface area contributed by atoms with Crippen molar-refractivity contribution in [3.8, 4) is 5.75 Å². The first kappa shape index (κ1) is 10.0. The van der Waals surface area contributed by atoms with Gasteiger partial charge in [0, 0.05) is 12.1 Å². The molecule has 0 aliphatic carbocycles. The Hall–Kier alpha value is -1.51. The topological polar surface area (TPSA) is 38.3 Å². The molecule has 1 amide bonds. The third kappa shape index (κ3) is 1.96. The lowest BCUT2D eigenvalue weighted by Gasteiger charge is -2.24. The van der Waals surface area contributed by atoms with Gasteiger partial charge in [0.25, 0.3) is 0 Å². The molecule has 0 aromatic heterocycles. The lowest BCUT2D eigenvalue weighted by atomic mass is 9.92. The third-order valence-corrected chi connectivity index (χ3v) is 2.63. The van der Waals surface area contributed by atoms with Crippen LogP contribution in [-0.2, 0) is 4.79 Å². The van der Waals surface area contributed by atoms with E-state index in [1.165, 1.54) is 0 Å². The molecule has 1 aromatic rings. The quantitative estimate of drug-likeness (QED) is 0.797. The second-order valence-corrected chi connectivity index (χ2v) is 3.62. The van der Waals surface area contributed by atoms with Crippen molar-refractivity contribution in [3.05, 3.63) is 29.8 Å². The minimum absolute atomic E-state index is 0.0464. The normalized spacial score (nSPS) is 18.9. The number of fused-ring (bicyclic) bond motifs is 1. The third-order valence-electron chi connectivity index (χ3n) is 2.63. The van der Waals surface area contributed by atoms with Crippen LogP contribution in [0.15, 0.2) is 24.3 Å². The molecule has 1 aromatic carbocycles. The van der Waals surface area contributed by atoms with E-state index in [0.29, 0.717) is 13.2 Å². The number of carbonyl (C=O) groups is 1. The van der Waals surface area contributed by atoms with Gasteiger partial charge in [-0.25, -0.2) is 0 Å². The number of carbonyl (C=O) groups excluding carboxylic acids is 1. The van der Waals surface area contributed by atoms with Crippen LogP contribution in [0.5, 0.6) is 5.75 Å². The number of hydrogen-bond donors (Lipinski definition) is 1. The van der Waals surface area contributed by atoms with Crippen LogP contribution in [0.1, 0.15) is 24.8 Å². The molecule has 3 nitrogen and oxygen atoms in total. The predicted molar refractivity (Wildman–Crippen MR) is 58.0 cm³/mol. The van der Waals surface area contributed by atoms with Gasteiger partial charge in [0.05, 0.1) is 12.5 Å². The lowest BCUT2D eigenvalue weighted by Crippen LogP contribution is -2.32. The molecule has 1 aliphatic heterocycles. The van der Waals surface area contributed by atoms with E-state index in [1.807, 2.05) is 31.2 Å². The number of ether oxygens (including phenoxy) is 1. The fourth-order valence-electron chi connectivity index (χ4n) is 1.91.